The quantitative estimate of drug-likeness (QED) is 0.347. The monoisotopic (exact) mass is 128 g/mol. The molecule has 0 aliphatic carbocycles. The second-order valence-electron chi connectivity index (χ2n) is 2.15. The van der Waals surface area contributed by atoms with E-state index >= 15 is 0 Å². The van der Waals surface area contributed by atoms with Crippen molar-refractivity contribution in [2.45, 2.75) is 19.3 Å². The third kappa shape index (κ3) is 2.47. The van der Waals surface area contributed by atoms with Crippen LogP contribution in [-0.4, -0.2) is 12.3 Å². The van der Waals surface area contributed by atoms with Crippen LogP contribution in [0.3, 0.4) is 0 Å². The second kappa shape index (κ2) is 4.09. The van der Waals surface area contributed by atoms with Crippen molar-refractivity contribution in [1.82, 2.24) is 0 Å². The Morgan fingerprint density at radius 1 is 1.00 bits per heavy atom. The van der Waals surface area contributed by atoms with Gasteiger partial charge in [0.15, 0.2) is 0 Å². The summed E-state index contributed by atoms with van der Waals surface area (Å²) in [6, 6.07) is 0. The van der Waals surface area contributed by atoms with Crippen LogP contribution in [0.15, 0.2) is 12.2 Å². The molecule has 1 atom stereocenters. The van der Waals surface area contributed by atoms with Crippen molar-refractivity contribution in [3.63, 3.8) is 0 Å². The van der Waals surface area contributed by atoms with Crippen molar-refractivity contribution in [2.75, 3.05) is 12.3 Å². The molecular weight excluding hydrogens is 115 g/mol. The molecular formula is C7H13P. The molecule has 0 aromatic rings. The van der Waals surface area contributed by atoms with E-state index in [0.29, 0.717) is 0 Å². The van der Waals surface area contributed by atoms with Gasteiger partial charge in [0.25, 0.3) is 0 Å². The molecule has 0 fully saturated rings. The molecule has 1 unspecified atom stereocenters. The lowest BCUT2D eigenvalue weighted by atomic mass is 10.3. The minimum Gasteiger partial charge on any atom is -0.122 e. The van der Waals surface area contributed by atoms with Gasteiger partial charge in [0, 0.05) is 0 Å². The standard InChI is InChI=1S/C7H13P/c1-2-4-6-8-7-5-3-1/h1-2,8H,3-7H2/b2-1-. The van der Waals surface area contributed by atoms with Crippen LogP contribution >= 0.6 is 8.58 Å². The topological polar surface area (TPSA) is 0 Å². The molecule has 0 bridgehead atoms. The molecule has 0 aromatic carbocycles. The highest BCUT2D eigenvalue weighted by Gasteiger charge is 1.89. The molecule has 46 valence electrons. The fourth-order valence-corrected chi connectivity index (χ4v) is 1.97. The van der Waals surface area contributed by atoms with Crippen molar-refractivity contribution >= 4 is 8.58 Å². The fourth-order valence-electron chi connectivity index (χ4n) is 0.891. The lowest BCUT2D eigenvalue weighted by molar-refractivity contribution is 0.949. The van der Waals surface area contributed by atoms with Crippen molar-refractivity contribution in [3.05, 3.63) is 12.2 Å². The van der Waals surface area contributed by atoms with Gasteiger partial charge in [-0.2, -0.15) is 0 Å². The first-order chi connectivity index (χ1) is 4.00. The van der Waals surface area contributed by atoms with E-state index in [1.54, 1.807) is 0 Å². The molecule has 0 nitrogen and oxygen atoms in total. The first kappa shape index (κ1) is 6.29. The average molecular weight is 128 g/mol. The predicted octanol–water partition coefficient (Wildman–Crippen LogP) is 2.41. The van der Waals surface area contributed by atoms with Crippen LogP contribution in [0.25, 0.3) is 0 Å². The molecule has 8 heavy (non-hydrogen) atoms. The highest BCUT2D eigenvalue weighted by Crippen LogP contribution is 2.16. The average Bonchev–Trinajstić information content (AvgIpc) is 1.62. The SMILES string of the molecule is C1=C\CCPCCC/1. The van der Waals surface area contributed by atoms with Gasteiger partial charge in [-0.25, -0.2) is 0 Å². The summed E-state index contributed by atoms with van der Waals surface area (Å²) in [5, 5.41) is 0. The van der Waals surface area contributed by atoms with Crippen LogP contribution in [0.5, 0.6) is 0 Å². The Morgan fingerprint density at radius 2 is 1.88 bits per heavy atom. The smallest absolute Gasteiger partial charge is 0.0314 e. The summed E-state index contributed by atoms with van der Waals surface area (Å²) in [7, 11) is 1.24. The second-order valence-corrected chi connectivity index (χ2v) is 3.65. The van der Waals surface area contributed by atoms with Gasteiger partial charge in [0.1, 0.15) is 0 Å². The van der Waals surface area contributed by atoms with E-state index in [1.165, 1.54) is 40.2 Å². The first-order valence-electron chi connectivity index (χ1n) is 3.36. The van der Waals surface area contributed by atoms with E-state index < -0.39 is 0 Å². The Morgan fingerprint density at radius 3 is 2.88 bits per heavy atom. The van der Waals surface area contributed by atoms with Crippen molar-refractivity contribution in [3.8, 4) is 0 Å². The largest absolute Gasteiger partial charge is 0.122 e. The summed E-state index contributed by atoms with van der Waals surface area (Å²) in [5.74, 6) is 0. The third-order valence-corrected chi connectivity index (χ3v) is 2.73. The Balaban J connectivity index is 2.17. The van der Waals surface area contributed by atoms with Gasteiger partial charge in [-0.05, 0) is 31.6 Å². The number of rotatable bonds is 0. The van der Waals surface area contributed by atoms with Crippen molar-refractivity contribution < 1.29 is 0 Å². The summed E-state index contributed by atoms with van der Waals surface area (Å²) in [6.45, 7) is 0. The highest BCUT2D eigenvalue weighted by molar-refractivity contribution is 7.37. The minimum absolute atomic E-state index is 1.24. The molecule has 1 heteroatoms. The molecule has 0 N–H and O–H groups in total. The Hall–Kier alpha value is 0.170. The van der Waals surface area contributed by atoms with E-state index in [1.807, 2.05) is 0 Å². The van der Waals surface area contributed by atoms with Crippen LogP contribution in [0.2, 0.25) is 0 Å². The fraction of sp³-hybridized carbons (Fsp3) is 0.714. The molecule has 0 radical (unpaired) electrons. The molecule has 1 aliphatic heterocycles. The molecule has 0 aromatic heterocycles. The number of allylic oxidation sites excluding steroid dienone is 2. The molecule has 1 rings (SSSR count). The van der Waals surface area contributed by atoms with Gasteiger partial charge in [0.2, 0.25) is 0 Å². The lowest BCUT2D eigenvalue weighted by Crippen LogP contribution is -1.82. The maximum atomic E-state index is 2.33. The van der Waals surface area contributed by atoms with E-state index in [4.69, 9.17) is 0 Å². The number of hydrogen-bond donors (Lipinski definition) is 0. The van der Waals surface area contributed by atoms with Gasteiger partial charge in [-0.1, -0.05) is 12.2 Å². The Kier molecular flexibility index (Phi) is 3.22. The minimum atomic E-state index is 1.24. The zero-order chi connectivity index (χ0) is 5.66. The highest BCUT2D eigenvalue weighted by atomic mass is 31.1. The van der Waals surface area contributed by atoms with Gasteiger partial charge in [-0.15, -0.1) is 8.58 Å². The van der Waals surface area contributed by atoms with E-state index in [2.05, 4.69) is 12.2 Å². The molecule has 1 aliphatic rings. The van der Waals surface area contributed by atoms with Crippen molar-refractivity contribution in [2.24, 2.45) is 0 Å². The molecule has 0 saturated heterocycles. The van der Waals surface area contributed by atoms with Gasteiger partial charge >= 0.3 is 0 Å². The normalized spacial score (nSPS) is 29.0. The maximum absolute atomic E-state index is 2.33. The van der Waals surface area contributed by atoms with E-state index in [-0.39, 0.29) is 0 Å². The van der Waals surface area contributed by atoms with E-state index in [0.717, 1.165) is 0 Å². The summed E-state index contributed by atoms with van der Waals surface area (Å²) >= 11 is 0. The Labute approximate surface area is 53.1 Å². The number of hydrogen-bond acceptors (Lipinski definition) is 0. The zero-order valence-corrected chi connectivity index (χ0v) is 6.19. The lowest BCUT2D eigenvalue weighted by Gasteiger charge is -2.00. The van der Waals surface area contributed by atoms with Crippen LogP contribution in [0.1, 0.15) is 19.3 Å². The van der Waals surface area contributed by atoms with Gasteiger partial charge in [0.05, 0.1) is 0 Å². The summed E-state index contributed by atoms with van der Waals surface area (Å²) in [4.78, 5) is 0. The third-order valence-electron chi connectivity index (χ3n) is 1.38. The summed E-state index contributed by atoms with van der Waals surface area (Å²) < 4.78 is 0. The van der Waals surface area contributed by atoms with Crippen LogP contribution in [0.4, 0.5) is 0 Å². The van der Waals surface area contributed by atoms with Crippen molar-refractivity contribution in [1.29, 1.82) is 0 Å². The zero-order valence-electron chi connectivity index (χ0n) is 5.19. The molecule has 1 heterocycles. The summed E-state index contributed by atoms with van der Waals surface area (Å²) in [6.07, 6.45) is 11.6. The Bertz CT molecular complexity index is 66.5. The van der Waals surface area contributed by atoms with Crippen LogP contribution in [0, 0.1) is 0 Å². The maximum Gasteiger partial charge on any atom is -0.0314 e. The predicted molar refractivity (Wildman–Crippen MR) is 41.0 cm³/mol. The molecule has 0 saturated carbocycles. The van der Waals surface area contributed by atoms with Crippen LogP contribution in [-0.2, 0) is 0 Å². The van der Waals surface area contributed by atoms with Gasteiger partial charge < -0.3 is 0 Å². The molecule has 0 amide bonds. The summed E-state index contributed by atoms with van der Waals surface area (Å²) in [5.41, 5.74) is 0. The van der Waals surface area contributed by atoms with Gasteiger partial charge in [-0.3, -0.25) is 0 Å². The first-order valence-corrected chi connectivity index (χ1v) is 4.77. The van der Waals surface area contributed by atoms with E-state index in [9.17, 15) is 0 Å². The molecule has 0 spiro atoms. The van der Waals surface area contributed by atoms with Crippen LogP contribution < -0.4 is 0 Å².